The topological polar surface area (TPSA) is 162 Å². The van der Waals surface area contributed by atoms with E-state index in [4.69, 9.17) is 9.84 Å². The highest BCUT2D eigenvalue weighted by molar-refractivity contribution is 6.02. The summed E-state index contributed by atoms with van der Waals surface area (Å²) in [5.74, 6) is -0.659. The maximum absolute atomic E-state index is 13.4. The summed E-state index contributed by atoms with van der Waals surface area (Å²) in [6.07, 6.45) is 6.52. The van der Waals surface area contributed by atoms with Gasteiger partial charge in [0.2, 0.25) is 5.91 Å². The van der Waals surface area contributed by atoms with Crippen LogP contribution in [0.5, 0.6) is 5.75 Å². The first-order valence-electron chi connectivity index (χ1n) is 18.7. The zero-order valence-corrected chi connectivity index (χ0v) is 32.4. The monoisotopic (exact) mass is 739 g/mol. The Balaban J connectivity index is 1.70. The number of carbonyl (C=O) groups is 3. The number of aliphatic hydroxyl groups is 1. The molecule has 0 aliphatic carbocycles. The second-order valence-corrected chi connectivity index (χ2v) is 14.3. The van der Waals surface area contributed by atoms with Crippen LogP contribution in [-0.2, 0) is 21.4 Å². The van der Waals surface area contributed by atoms with E-state index < -0.39 is 30.1 Å². The van der Waals surface area contributed by atoms with E-state index in [0.717, 1.165) is 40.0 Å². The Morgan fingerprint density at radius 2 is 1.52 bits per heavy atom. The molecule has 2 amide bonds. The van der Waals surface area contributed by atoms with Crippen LogP contribution in [0.15, 0.2) is 89.0 Å². The molecular formula is C43H57N5O6. The van der Waals surface area contributed by atoms with Crippen LogP contribution < -0.4 is 20.7 Å². The standard InChI is InChI=1S/C43H57N5O6/c1-7-8-9-10-11-26-54-36-22-18-32(19-23-36)30(2)28-46-40(44-6)33-14-12-31(13-15-33)27-37(42(53)47-29-38(49)45-25-24-39(50)51)48-41(52)34-16-20-35(21-17-34)43(3,4)5/h12-23,28,37-38,45,49H,6-11,24-27,29H2,1-5H3,(H,47,53)(H,48,52)(H,50,51)/b30-28+,46-40-/t37-,38?/m0/s1. The van der Waals surface area contributed by atoms with Crippen molar-refractivity contribution >= 4 is 35.9 Å². The molecule has 11 heteroatoms. The van der Waals surface area contributed by atoms with Crippen molar-refractivity contribution in [3.63, 3.8) is 0 Å². The smallest absolute Gasteiger partial charge is 0.304 e. The third-order valence-corrected chi connectivity index (χ3v) is 8.83. The Morgan fingerprint density at radius 3 is 2.13 bits per heavy atom. The number of benzene rings is 3. The minimum absolute atomic E-state index is 0.0333. The van der Waals surface area contributed by atoms with Crippen molar-refractivity contribution in [1.82, 2.24) is 16.0 Å². The number of aliphatic hydroxyl groups excluding tert-OH is 1. The van der Waals surface area contributed by atoms with Crippen molar-refractivity contribution in [2.75, 3.05) is 19.7 Å². The molecular weight excluding hydrogens is 683 g/mol. The molecule has 0 aliphatic heterocycles. The fraction of sp³-hybridized carbons (Fsp3) is 0.419. The van der Waals surface area contributed by atoms with E-state index in [1.807, 2.05) is 67.6 Å². The molecule has 290 valence electrons. The van der Waals surface area contributed by atoms with Crippen LogP contribution in [-0.4, -0.2) is 72.5 Å². The Kier molecular flexibility index (Phi) is 17.8. The Hall–Kier alpha value is -5.13. The van der Waals surface area contributed by atoms with E-state index in [1.165, 1.54) is 25.7 Å². The van der Waals surface area contributed by atoms with Crippen LogP contribution >= 0.6 is 0 Å². The summed E-state index contributed by atoms with van der Waals surface area (Å²) >= 11 is 0. The summed E-state index contributed by atoms with van der Waals surface area (Å²) in [5, 5.41) is 27.2. The summed E-state index contributed by atoms with van der Waals surface area (Å²) in [4.78, 5) is 46.2. The molecule has 0 bridgehead atoms. The normalized spacial score (nSPS) is 13.1. The summed E-state index contributed by atoms with van der Waals surface area (Å²) in [6.45, 7) is 14.7. The van der Waals surface area contributed by atoms with Gasteiger partial charge in [-0.05, 0) is 72.0 Å². The van der Waals surface area contributed by atoms with Gasteiger partial charge in [0.1, 0.15) is 18.0 Å². The number of aliphatic imine (C=N–C) groups is 2. The van der Waals surface area contributed by atoms with Crippen LogP contribution in [0.1, 0.15) is 106 Å². The first-order chi connectivity index (χ1) is 25.8. The Bertz CT molecular complexity index is 1710. The Morgan fingerprint density at radius 1 is 0.889 bits per heavy atom. The van der Waals surface area contributed by atoms with Gasteiger partial charge >= 0.3 is 5.97 Å². The molecule has 0 saturated heterocycles. The first kappa shape index (κ1) is 43.3. The number of hydrogen-bond donors (Lipinski definition) is 5. The van der Waals surface area contributed by atoms with Crippen LogP contribution in [0.2, 0.25) is 0 Å². The van der Waals surface area contributed by atoms with Gasteiger partial charge in [-0.25, -0.2) is 9.98 Å². The molecule has 3 aromatic rings. The number of unbranched alkanes of at least 4 members (excludes halogenated alkanes) is 4. The van der Waals surface area contributed by atoms with Gasteiger partial charge in [-0.2, -0.15) is 0 Å². The second-order valence-electron chi connectivity index (χ2n) is 14.3. The summed E-state index contributed by atoms with van der Waals surface area (Å²) in [5.41, 5.74) is 4.83. The lowest BCUT2D eigenvalue weighted by molar-refractivity contribution is -0.137. The number of carboxylic acids is 1. The summed E-state index contributed by atoms with van der Waals surface area (Å²) in [7, 11) is 0. The highest BCUT2D eigenvalue weighted by Gasteiger charge is 2.23. The number of carboxylic acid groups (broad SMARTS) is 1. The number of allylic oxidation sites excluding steroid dienone is 1. The zero-order chi connectivity index (χ0) is 39.5. The molecule has 3 aromatic carbocycles. The number of ether oxygens (including phenoxy) is 1. The van der Waals surface area contributed by atoms with Crippen LogP contribution in [0.3, 0.4) is 0 Å². The fourth-order valence-corrected chi connectivity index (χ4v) is 5.49. The number of amides is 2. The van der Waals surface area contributed by atoms with Gasteiger partial charge in [-0.1, -0.05) is 102 Å². The van der Waals surface area contributed by atoms with E-state index in [2.05, 4.69) is 60.3 Å². The van der Waals surface area contributed by atoms with E-state index in [0.29, 0.717) is 18.0 Å². The molecule has 1 unspecified atom stereocenters. The van der Waals surface area contributed by atoms with Crippen molar-refractivity contribution in [3.8, 4) is 5.75 Å². The average Bonchev–Trinajstić information content (AvgIpc) is 3.15. The van der Waals surface area contributed by atoms with E-state index >= 15 is 0 Å². The summed E-state index contributed by atoms with van der Waals surface area (Å²) < 4.78 is 5.89. The first-order valence-corrected chi connectivity index (χ1v) is 18.7. The van der Waals surface area contributed by atoms with Crippen LogP contribution in [0, 0.1) is 0 Å². The lowest BCUT2D eigenvalue weighted by Crippen LogP contribution is -2.51. The lowest BCUT2D eigenvalue weighted by Gasteiger charge is -2.21. The molecule has 5 N–H and O–H groups in total. The minimum atomic E-state index is -1.17. The predicted octanol–water partition coefficient (Wildman–Crippen LogP) is 6.68. The Labute approximate surface area is 320 Å². The van der Waals surface area contributed by atoms with E-state index in [1.54, 1.807) is 18.3 Å². The number of hydrogen-bond acceptors (Lipinski definition) is 7. The highest BCUT2D eigenvalue weighted by atomic mass is 16.5. The number of nitrogens with one attached hydrogen (secondary N) is 3. The molecule has 54 heavy (non-hydrogen) atoms. The molecule has 0 spiro atoms. The molecule has 0 saturated carbocycles. The van der Waals surface area contributed by atoms with Gasteiger partial charge in [-0.15, -0.1) is 0 Å². The van der Waals surface area contributed by atoms with Gasteiger partial charge in [0.05, 0.1) is 19.6 Å². The van der Waals surface area contributed by atoms with Gasteiger partial charge in [0.25, 0.3) is 5.91 Å². The number of carbonyl (C=O) groups excluding carboxylic acids is 2. The highest BCUT2D eigenvalue weighted by Crippen LogP contribution is 2.23. The maximum Gasteiger partial charge on any atom is 0.304 e. The zero-order valence-electron chi connectivity index (χ0n) is 32.4. The second kappa shape index (κ2) is 22.2. The molecule has 0 fully saturated rings. The average molecular weight is 740 g/mol. The SMILES string of the molecule is C=N/C(=N\C=C(/C)c1ccc(OCCCCCCC)cc1)c1ccc(C[C@H](NC(=O)c2ccc(C(C)(C)C)cc2)C(=O)NCC(O)NCCC(=O)O)cc1. The number of rotatable bonds is 21. The lowest BCUT2D eigenvalue weighted by atomic mass is 9.86. The minimum Gasteiger partial charge on any atom is -0.494 e. The van der Waals surface area contributed by atoms with Crippen molar-refractivity contribution in [2.24, 2.45) is 9.98 Å². The summed E-state index contributed by atoms with van der Waals surface area (Å²) in [6, 6.07) is 21.6. The van der Waals surface area contributed by atoms with Crippen molar-refractivity contribution in [3.05, 3.63) is 107 Å². The predicted molar refractivity (Wildman–Crippen MR) is 216 cm³/mol. The molecule has 2 atom stereocenters. The molecule has 0 aliphatic rings. The molecule has 0 aromatic heterocycles. The van der Waals surface area contributed by atoms with Crippen molar-refractivity contribution in [2.45, 2.75) is 97.2 Å². The fourth-order valence-electron chi connectivity index (χ4n) is 5.49. The number of nitrogens with zero attached hydrogens (tertiary/aromatic N) is 2. The largest absolute Gasteiger partial charge is 0.494 e. The van der Waals surface area contributed by atoms with Crippen LogP contribution in [0.25, 0.3) is 5.57 Å². The molecule has 0 heterocycles. The van der Waals surface area contributed by atoms with Gasteiger partial charge in [0, 0.05) is 30.3 Å². The maximum atomic E-state index is 13.4. The van der Waals surface area contributed by atoms with Crippen molar-refractivity contribution in [1.29, 1.82) is 0 Å². The van der Waals surface area contributed by atoms with Gasteiger partial charge < -0.3 is 25.6 Å². The number of aliphatic carboxylic acids is 1. The van der Waals surface area contributed by atoms with Gasteiger partial charge in [0.15, 0.2) is 5.84 Å². The molecule has 0 radical (unpaired) electrons. The third kappa shape index (κ3) is 15.1. The quantitative estimate of drug-likeness (QED) is 0.0352. The third-order valence-electron chi connectivity index (χ3n) is 8.83. The van der Waals surface area contributed by atoms with E-state index in [-0.39, 0.29) is 31.3 Å². The molecule has 11 nitrogen and oxygen atoms in total. The van der Waals surface area contributed by atoms with Gasteiger partial charge in [-0.3, -0.25) is 19.7 Å². The van der Waals surface area contributed by atoms with Crippen LogP contribution in [0.4, 0.5) is 0 Å². The molecule has 3 rings (SSSR count). The van der Waals surface area contributed by atoms with Crippen molar-refractivity contribution < 1.29 is 29.3 Å². The number of amidine groups is 1. The van der Waals surface area contributed by atoms with E-state index in [9.17, 15) is 19.5 Å².